The van der Waals surface area contributed by atoms with Gasteiger partial charge in [0.1, 0.15) is 12.4 Å². The van der Waals surface area contributed by atoms with Gasteiger partial charge >= 0.3 is 0 Å². The van der Waals surface area contributed by atoms with E-state index in [1.807, 2.05) is 0 Å². The third-order valence-corrected chi connectivity index (χ3v) is 3.69. The molecule has 0 fully saturated rings. The van der Waals surface area contributed by atoms with E-state index >= 15 is 0 Å². The minimum atomic E-state index is 0.517. The van der Waals surface area contributed by atoms with Gasteiger partial charge in [-0.3, -0.25) is 0 Å². The first-order valence-corrected chi connectivity index (χ1v) is 7.82. The van der Waals surface area contributed by atoms with Gasteiger partial charge in [-0.05, 0) is 55.5 Å². The van der Waals surface area contributed by atoms with Crippen LogP contribution in [0.25, 0.3) is 0 Å². The molecule has 0 bridgehead atoms. The zero-order chi connectivity index (χ0) is 13.7. The second-order valence-electron chi connectivity index (χ2n) is 5.07. The summed E-state index contributed by atoms with van der Waals surface area (Å²) in [5.41, 5.74) is 2.88. The minimum absolute atomic E-state index is 0.517. The fourth-order valence-corrected chi connectivity index (χ4v) is 2.69. The zero-order valence-electron chi connectivity index (χ0n) is 11.5. The van der Waals surface area contributed by atoms with E-state index in [1.165, 1.54) is 30.4 Å². The number of ether oxygens (including phenoxy) is 1. The van der Waals surface area contributed by atoms with Gasteiger partial charge in [-0.15, -0.1) is 0 Å². The van der Waals surface area contributed by atoms with Crippen LogP contribution in [0.1, 0.15) is 43.4 Å². The lowest BCUT2D eigenvalue weighted by molar-refractivity contribution is 0.359. The van der Waals surface area contributed by atoms with Crippen LogP contribution in [0.4, 0.5) is 0 Å². The monoisotopic (exact) mass is 323 g/mol. The summed E-state index contributed by atoms with van der Waals surface area (Å²) in [6, 6.07) is 6.99. The highest BCUT2D eigenvalue weighted by molar-refractivity contribution is 9.11. The average Bonchev–Trinajstić information content (AvgIpc) is 2.42. The average molecular weight is 324 g/mol. The van der Waals surface area contributed by atoms with E-state index < -0.39 is 0 Å². The molecule has 0 amide bonds. The Kier molecular flexibility index (Phi) is 5.46. The van der Waals surface area contributed by atoms with Gasteiger partial charge in [-0.25, -0.2) is 0 Å². The summed E-state index contributed by atoms with van der Waals surface area (Å²) in [5.74, 6) is 0.940. The van der Waals surface area contributed by atoms with Crippen molar-refractivity contribution in [2.24, 2.45) is 0 Å². The molecule has 0 spiro atoms. The van der Waals surface area contributed by atoms with Gasteiger partial charge in [-0.2, -0.15) is 0 Å². The van der Waals surface area contributed by atoms with Crippen molar-refractivity contribution >= 4 is 15.9 Å². The van der Waals surface area contributed by atoms with E-state index in [0.29, 0.717) is 12.6 Å². The number of aryl methyl sites for hydroxylation is 1. The van der Waals surface area contributed by atoms with Crippen molar-refractivity contribution in [2.45, 2.75) is 38.6 Å². The van der Waals surface area contributed by atoms with Crippen LogP contribution in [0.5, 0.6) is 5.75 Å². The molecule has 0 saturated heterocycles. The van der Waals surface area contributed by atoms with Crippen molar-refractivity contribution in [3.63, 3.8) is 0 Å². The number of fused-ring (bicyclic) bond motifs is 1. The number of halogens is 1. The summed E-state index contributed by atoms with van der Waals surface area (Å²) in [5, 5.41) is 3.63. The first-order chi connectivity index (χ1) is 9.20. The van der Waals surface area contributed by atoms with Crippen LogP contribution in [0.3, 0.4) is 0 Å². The van der Waals surface area contributed by atoms with Gasteiger partial charge in [-0.1, -0.05) is 35.5 Å². The fraction of sp³-hybridized carbons (Fsp3) is 0.500. The lowest BCUT2D eigenvalue weighted by atomic mass is 9.87. The Morgan fingerprint density at radius 1 is 1.53 bits per heavy atom. The largest absolute Gasteiger partial charge is 0.488 e. The second kappa shape index (κ2) is 7.11. The van der Waals surface area contributed by atoms with Crippen molar-refractivity contribution < 1.29 is 4.74 Å². The standard InChI is InChI=1S/C16H22BrNO/c1-3-9-18-16-6-4-5-13-10-14(7-8-15(13)16)19-11-12(2)17/h7-8,10,16,18H,2-6,9,11H2,1H3. The molecule has 0 aromatic heterocycles. The van der Waals surface area contributed by atoms with Gasteiger partial charge in [0.15, 0.2) is 0 Å². The topological polar surface area (TPSA) is 21.3 Å². The third kappa shape index (κ3) is 4.08. The Bertz CT molecular complexity index is 444. The van der Waals surface area contributed by atoms with Crippen molar-refractivity contribution in [2.75, 3.05) is 13.2 Å². The Hall–Kier alpha value is -0.800. The number of benzene rings is 1. The quantitative estimate of drug-likeness (QED) is 0.840. The van der Waals surface area contributed by atoms with Gasteiger partial charge < -0.3 is 10.1 Å². The van der Waals surface area contributed by atoms with Crippen LogP contribution in [0, 0.1) is 0 Å². The summed E-state index contributed by atoms with van der Waals surface area (Å²) >= 11 is 3.32. The lowest BCUT2D eigenvalue weighted by Crippen LogP contribution is -2.25. The fourth-order valence-electron chi connectivity index (χ4n) is 2.57. The van der Waals surface area contributed by atoms with E-state index in [4.69, 9.17) is 4.74 Å². The molecule has 0 heterocycles. The highest BCUT2D eigenvalue weighted by Crippen LogP contribution is 2.32. The highest BCUT2D eigenvalue weighted by Gasteiger charge is 2.19. The van der Waals surface area contributed by atoms with Crippen molar-refractivity contribution in [3.8, 4) is 5.75 Å². The predicted octanol–water partition coefficient (Wildman–Crippen LogP) is 4.35. The van der Waals surface area contributed by atoms with E-state index in [-0.39, 0.29) is 0 Å². The third-order valence-electron chi connectivity index (χ3n) is 3.46. The van der Waals surface area contributed by atoms with Gasteiger partial charge in [0.2, 0.25) is 0 Å². The van der Waals surface area contributed by atoms with E-state index in [0.717, 1.165) is 23.2 Å². The molecule has 104 valence electrons. The van der Waals surface area contributed by atoms with Crippen LogP contribution >= 0.6 is 15.9 Å². The molecule has 2 nitrogen and oxygen atoms in total. The van der Waals surface area contributed by atoms with Crippen LogP contribution in [0.15, 0.2) is 29.3 Å². The normalized spacial score (nSPS) is 17.9. The number of nitrogens with one attached hydrogen (secondary N) is 1. The minimum Gasteiger partial charge on any atom is -0.488 e. The Morgan fingerprint density at radius 3 is 3.11 bits per heavy atom. The molecule has 1 aromatic carbocycles. The molecule has 0 radical (unpaired) electrons. The SMILES string of the molecule is C=C(Br)COc1ccc2c(c1)CCCC2NCCC. The molecule has 3 heteroatoms. The Labute approximate surface area is 124 Å². The Morgan fingerprint density at radius 2 is 2.37 bits per heavy atom. The number of rotatable bonds is 6. The molecule has 1 aromatic rings. The maximum absolute atomic E-state index is 5.68. The van der Waals surface area contributed by atoms with Crippen molar-refractivity contribution in [3.05, 3.63) is 40.4 Å². The van der Waals surface area contributed by atoms with E-state index in [2.05, 4.69) is 52.9 Å². The first kappa shape index (κ1) is 14.6. The van der Waals surface area contributed by atoms with Gasteiger partial charge in [0.25, 0.3) is 0 Å². The van der Waals surface area contributed by atoms with Crippen LogP contribution in [-0.4, -0.2) is 13.2 Å². The summed E-state index contributed by atoms with van der Waals surface area (Å²) in [7, 11) is 0. The van der Waals surface area contributed by atoms with Crippen LogP contribution in [0.2, 0.25) is 0 Å². The van der Waals surface area contributed by atoms with Gasteiger partial charge in [0.05, 0.1) is 0 Å². The maximum Gasteiger partial charge on any atom is 0.120 e. The van der Waals surface area contributed by atoms with Crippen LogP contribution < -0.4 is 10.1 Å². The first-order valence-electron chi connectivity index (χ1n) is 7.03. The summed E-state index contributed by atoms with van der Waals surface area (Å²) in [4.78, 5) is 0. The van der Waals surface area contributed by atoms with Gasteiger partial charge in [0, 0.05) is 10.5 Å². The molecule has 1 aliphatic rings. The lowest BCUT2D eigenvalue weighted by Gasteiger charge is -2.27. The summed E-state index contributed by atoms with van der Waals surface area (Å²) in [6.07, 6.45) is 4.83. The molecule has 1 unspecified atom stereocenters. The molecule has 0 saturated carbocycles. The molecule has 19 heavy (non-hydrogen) atoms. The maximum atomic E-state index is 5.68. The van der Waals surface area contributed by atoms with Crippen LogP contribution in [-0.2, 0) is 6.42 Å². The van der Waals surface area contributed by atoms with E-state index in [1.54, 1.807) is 0 Å². The van der Waals surface area contributed by atoms with Crippen molar-refractivity contribution in [1.82, 2.24) is 5.32 Å². The van der Waals surface area contributed by atoms with E-state index in [9.17, 15) is 0 Å². The summed E-state index contributed by atoms with van der Waals surface area (Å²) in [6.45, 7) is 7.61. The molecular weight excluding hydrogens is 302 g/mol. The second-order valence-corrected chi connectivity index (χ2v) is 6.19. The molecule has 1 atom stereocenters. The molecule has 0 aliphatic heterocycles. The number of hydrogen-bond acceptors (Lipinski definition) is 2. The molecule has 2 rings (SSSR count). The molecular formula is C16H22BrNO. The zero-order valence-corrected chi connectivity index (χ0v) is 13.1. The Balaban J connectivity index is 2.09. The summed E-state index contributed by atoms with van der Waals surface area (Å²) < 4.78 is 6.55. The number of hydrogen-bond donors (Lipinski definition) is 1. The van der Waals surface area contributed by atoms with Crippen molar-refractivity contribution in [1.29, 1.82) is 0 Å². The molecule has 1 N–H and O–H groups in total. The predicted molar refractivity (Wildman–Crippen MR) is 84.0 cm³/mol. The highest BCUT2D eigenvalue weighted by atomic mass is 79.9. The smallest absolute Gasteiger partial charge is 0.120 e. The molecule has 1 aliphatic carbocycles.